The lowest BCUT2D eigenvalue weighted by Gasteiger charge is -2.07. The van der Waals surface area contributed by atoms with Crippen molar-refractivity contribution >= 4 is 15.9 Å². The molecule has 0 aliphatic heterocycles. The fraction of sp³-hybridized carbons (Fsp3) is 0.444. The van der Waals surface area contributed by atoms with Crippen molar-refractivity contribution in [3.63, 3.8) is 0 Å². The van der Waals surface area contributed by atoms with Crippen molar-refractivity contribution in [3.05, 3.63) is 23.9 Å². The zero-order chi connectivity index (χ0) is 8.97. The van der Waals surface area contributed by atoms with E-state index in [9.17, 15) is 0 Å². The predicted molar refractivity (Wildman–Crippen MR) is 53.0 cm³/mol. The van der Waals surface area contributed by atoms with Crippen LogP contribution in [0.15, 0.2) is 18.2 Å². The molecule has 1 atom stereocenters. The van der Waals surface area contributed by atoms with Crippen LogP contribution in [0.4, 0.5) is 0 Å². The standard InChI is InChI=1S/C9H12BrNO/c1-7(6-10)8-4-3-5-9(11-8)12-2/h3-5,7H,6H2,1-2H3. The summed E-state index contributed by atoms with van der Waals surface area (Å²) in [6, 6.07) is 5.82. The summed E-state index contributed by atoms with van der Waals surface area (Å²) in [7, 11) is 1.63. The number of pyridine rings is 1. The van der Waals surface area contributed by atoms with Crippen LogP contribution < -0.4 is 4.74 Å². The Balaban J connectivity index is 2.86. The summed E-state index contributed by atoms with van der Waals surface area (Å²) in [5, 5.41) is 0.924. The molecule has 0 saturated carbocycles. The van der Waals surface area contributed by atoms with Crippen LogP contribution in [0.5, 0.6) is 5.88 Å². The zero-order valence-electron chi connectivity index (χ0n) is 7.25. The Morgan fingerprint density at radius 1 is 1.58 bits per heavy atom. The van der Waals surface area contributed by atoms with Crippen molar-refractivity contribution in [1.29, 1.82) is 0 Å². The molecule has 1 aromatic heterocycles. The molecule has 0 bridgehead atoms. The molecule has 66 valence electrons. The second kappa shape index (κ2) is 4.45. The van der Waals surface area contributed by atoms with E-state index in [-0.39, 0.29) is 0 Å². The van der Waals surface area contributed by atoms with Crippen molar-refractivity contribution in [1.82, 2.24) is 4.98 Å². The third-order valence-corrected chi connectivity index (χ3v) is 2.66. The van der Waals surface area contributed by atoms with Crippen molar-refractivity contribution in [2.24, 2.45) is 0 Å². The number of halogens is 1. The molecule has 0 amide bonds. The number of hydrogen-bond donors (Lipinski definition) is 0. The van der Waals surface area contributed by atoms with E-state index in [2.05, 4.69) is 27.8 Å². The summed E-state index contributed by atoms with van der Waals surface area (Å²) in [5.74, 6) is 1.11. The van der Waals surface area contributed by atoms with Gasteiger partial charge in [-0.1, -0.05) is 28.9 Å². The van der Waals surface area contributed by atoms with Gasteiger partial charge in [-0.25, -0.2) is 4.98 Å². The van der Waals surface area contributed by atoms with Gasteiger partial charge in [0.15, 0.2) is 0 Å². The Labute approximate surface area is 81.1 Å². The fourth-order valence-corrected chi connectivity index (χ4v) is 1.23. The molecule has 0 aliphatic carbocycles. The number of alkyl halides is 1. The largest absolute Gasteiger partial charge is 0.481 e. The Morgan fingerprint density at radius 2 is 2.33 bits per heavy atom. The van der Waals surface area contributed by atoms with Gasteiger partial charge in [-0.3, -0.25) is 0 Å². The van der Waals surface area contributed by atoms with E-state index in [4.69, 9.17) is 4.74 Å². The third kappa shape index (κ3) is 2.21. The lowest BCUT2D eigenvalue weighted by atomic mass is 10.1. The molecular weight excluding hydrogens is 218 g/mol. The van der Waals surface area contributed by atoms with Gasteiger partial charge in [-0.2, -0.15) is 0 Å². The maximum Gasteiger partial charge on any atom is 0.213 e. The molecule has 1 unspecified atom stereocenters. The van der Waals surface area contributed by atoms with Crippen molar-refractivity contribution in [3.8, 4) is 5.88 Å². The van der Waals surface area contributed by atoms with E-state index >= 15 is 0 Å². The Kier molecular flexibility index (Phi) is 3.53. The Hall–Kier alpha value is -0.570. The van der Waals surface area contributed by atoms with E-state index in [0.717, 1.165) is 11.0 Å². The van der Waals surface area contributed by atoms with Gasteiger partial charge in [-0.15, -0.1) is 0 Å². The lowest BCUT2D eigenvalue weighted by molar-refractivity contribution is 0.395. The van der Waals surface area contributed by atoms with Crippen LogP contribution in [0.1, 0.15) is 18.5 Å². The molecule has 0 spiro atoms. The molecule has 0 aliphatic rings. The number of hydrogen-bond acceptors (Lipinski definition) is 2. The van der Waals surface area contributed by atoms with Crippen LogP contribution in [-0.2, 0) is 0 Å². The lowest BCUT2D eigenvalue weighted by Crippen LogP contribution is -1.99. The molecule has 2 nitrogen and oxygen atoms in total. The Morgan fingerprint density at radius 3 is 2.92 bits per heavy atom. The van der Waals surface area contributed by atoms with Crippen LogP contribution >= 0.6 is 15.9 Å². The molecule has 1 aromatic rings. The minimum Gasteiger partial charge on any atom is -0.481 e. The second-order valence-electron chi connectivity index (χ2n) is 2.66. The minimum absolute atomic E-state index is 0.431. The maximum absolute atomic E-state index is 5.02. The minimum atomic E-state index is 0.431. The SMILES string of the molecule is COc1cccc(C(C)CBr)n1. The average Bonchev–Trinajstić information content (AvgIpc) is 2.17. The second-order valence-corrected chi connectivity index (χ2v) is 3.31. The highest BCUT2D eigenvalue weighted by atomic mass is 79.9. The summed E-state index contributed by atoms with van der Waals surface area (Å²) in [4.78, 5) is 4.31. The highest BCUT2D eigenvalue weighted by Crippen LogP contribution is 2.17. The van der Waals surface area contributed by atoms with Gasteiger partial charge in [0.1, 0.15) is 0 Å². The number of rotatable bonds is 3. The van der Waals surface area contributed by atoms with Gasteiger partial charge in [0.2, 0.25) is 5.88 Å². The predicted octanol–water partition coefficient (Wildman–Crippen LogP) is 2.59. The molecule has 1 heterocycles. The number of nitrogens with zero attached hydrogens (tertiary/aromatic N) is 1. The first-order chi connectivity index (χ1) is 5.77. The van der Waals surface area contributed by atoms with E-state index in [1.807, 2.05) is 18.2 Å². The summed E-state index contributed by atoms with van der Waals surface area (Å²) in [5.41, 5.74) is 1.06. The molecular formula is C9H12BrNO. The fourth-order valence-electron chi connectivity index (χ4n) is 0.898. The topological polar surface area (TPSA) is 22.1 Å². The highest BCUT2D eigenvalue weighted by Gasteiger charge is 2.05. The van der Waals surface area contributed by atoms with Crippen molar-refractivity contribution in [2.75, 3.05) is 12.4 Å². The molecule has 0 N–H and O–H groups in total. The van der Waals surface area contributed by atoms with Gasteiger partial charge >= 0.3 is 0 Å². The molecule has 3 heteroatoms. The number of methoxy groups -OCH3 is 1. The summed E-state index contributed by atoms with van der Waals surface area (Å²) in [6.45, 7) is 2.12. The first-order valence-electron chi connectivity index (χ1n) is 3.85. The normalized spacial score (nSPS) is 12.6. The van der Waals surface area contributed by atoms with E-state index in [1.54, 1.807) is 7.11 Å². The smallest absolute Gasteiger partial charge is 0.213 e. The van der Waals surface area contributed by atoms with Crippen LogP contribution in [0.3, 0.4) is 0 Å². The molecule has 12 heavy (non-hydrogen) atoms. The van der Waals surface area contributed by atoms with Crippen molar-refractivity contribution in [2.45, 2.75) is 12.8 Å². The van der Waals surface area contributed by atoms with Gasteiger partial charge in [0.05, 0.1) is 7.11 Å². The summed E-state index contributed by atoms with van der Waals surface area (Å²) in [6.07, 6.45) is 0. The van der Waals surface area contributed by atoms with Gasteiger partial charge in [0, 0.05) is 23.0 Å². The van der Waals surface area contributed by atoms with Crippen LogP contribution in [0.2, 0.25) is 0 Å². The third-order valence-electron chi connectivity index (χ3n) is 1.69. The van der Waals surface area contributed by atoms with E-state index in [0.29, 0.717) is 11.8 Å². The maximum atomic E-state index is 5.02. The van der Waals surface area contributed by atoms with Crippen LogP contribution in [0.25, 0.3) is 0 Å². The zero-order valence-corrected chi connectivity index (χ0v) is 8.84. The number of ether oxygens (including phenoxy) is 1. The first-order valence-corrected chi connectivity index (χ1v) is 4.97. The van der Waals surface area contributed by atoms with Crippen LogP contribution in [-0.4, -0.2) is 17.4 Å². The molecule has 0 saturated heterocycles. The average molecular weight is 230 g/mol. The van der Waals surface area contributed by atoms with E-state index in [1.165, 1.54) is 0 Å². The number of aromatic nitrogens is 1. The first kappa shape index (κ1) is 9.52. The van der Waals surface area contributed by atoms with E-state index < -0.39 is 0 Å². The molecule has 0 aromatic carbocycles. The Bertz CT molecular complexity index is 252. The monoisotopic (exact) mass is 229 g/mol. The van der Waals surface area contributed by atoms with Crippen molar-refractivity contribution < 1.29 is 4.74 Å². The quantitative estimate of drug-likeness (QED) is 0.744. The molecule has 0 fully saturated rings. The summed E-state index contributed by atoms with van der Waals surface area (Å²) < 4.78 is 5.02. The van der Waals surface area contributed by atoms with Crippen LogP contribution in [0, 0.1) is 0 Å². The summed E-state index contributed by atoms with van der Waals surface area (Å²) >= 11 is 3.42. The highest BCUT2D eigenvalue weighted by molar-refractivity contribution is 9.09. The van der Waals surface area contributed by atoms with Gasteiger partial charge < -0.3 is 4.74 Å². The molecule has 1 rings (SSSR count). The van der Waals surface area contributed by atoms with Gasteiger partial charge in [0.25, 0.3) is 0 Å². The molecule has 0 radical (unpaired) electrons. The van der Waals surface area contributed by atoms with Gasteiger partial charge in [-0.05, 0) is 6.07 Å².